The highest BCUT2D eigenvalue weighted by atomic mass is 17.1. The van der Waals surface area contributed by atoms with Gasteiger partial charge in [-0.2, -0.15) is 4.89 Å². The molecule has 1 radical (unpaired) electrons. The lowest BCUT2D eigenvalue weighted by molar-refractivity contribution is -0.363. The molecule has 0 aliphatic rings. The summed E-state index contributed by atoms with van der Waals surface area (Å²) in [5, 5.41) is 18.4. The molecule has 0 saturated carbocycles. The maximum atomic E-state index is 11.3. The van der Waals surface area contributed by atoms with Crippen LogP contribution in [0.2, 0.25) is 0 Å². The average Bonchev–Trinajstić information content (AvgIpc) is 2.03. The van der Waals surface area contributed by atoms with Gasteiger partial charge in [-0.25, -0.2) is 4.89 Å². The van der Waals surface area contributed by atoms with E-state index in [2.05, 4.69) is 9.78 Å². The van der Waals surface area contributed by atoms with E-state index in [4.69, 9.17) is 5.26 Å². The molecule has 0 aromatic carbocycles. The van der Waals surface area contributed by atoms with E-state index in [0.29, 0.717) is 0 Å². The monoisotopic (exact) mass is 177 g/mol. The van der Waals surface area contributed by atoms with E-state index in [1.807, 2.05) is 0 Å². The minimum absolute atomic E-state index is 0.618. The van der Waals surface area contributed by atoms with Gasteiger partial charge in [0.1, 0.15) is 0 Å². The lowest BCUT2D eigenvalue weighted by Crippen LogP contribution is -2.48. The van der Waals surface area contributed by atoms with Gasteiger partial charge < -0.3 is 0 Å². The van der Waals surface area contributed by atoms with Crippen LogP contribution in [-0.4, -0.2) is 22.2 Å². The van der Waals surface area contributed by atoms with Crippen LogP contribution in [0.25, 0.3) is 0 Å². The Kier molecular flexibility index (Phi) is 3.34. The molecule has 0 saturated heterocycles. The average molecular weight is 177 g/mol. The van der Waals surface area contributed by atoms with Crippen molar-refractivity contribution in [1.82, 2.24) is 0 Å². The van der Waals surface area contributed by atoms with Crippen molar-refractivity contribution in [3.05, 3.63) is 0 Å². The van der Waals surface area contributed by atoms with E-state index >= 15 is 0 Å². The number of Topliss-reactive ketones (excluding diaryl/α,β-unsaturated/α-hetero) is 1. The van der Waals surface area contributed by atoms with Gasteiger partial charge in [-0.3, -0.25) is 10.1 Å². The Morgan fingerprint density at radius 2 is 1.58 bits per heavy atom. The second-order valence-electron chi connectivity index (χ2n) is 3.52. The number of hydrogen-bond acceptors (Lipinski definition) is 4. The first-order chi connectivity index (χ1) is 5.28. The predicted octanol–water partition coefficient (Wildman–Crippen LogP) is 0.964. The summed E-state index contributed by atoms with van der Waals surface area (Å²) in [4.78, 5) is 19.0. The second kappa shape index (κ2) is 3.49. The van der Waals surface area contributed by atoms with Crippen molar-refractivity contribution in [2.24, 2.45) is 0 Å². The Labute approximate surface area is 70.8 Å². The van der Waals surface area contributed by atoms with Gasteiger partial charge in [0.15, 0.2) is 11.2 Å². The number of rotatable bonds is 4. The molecule has 0 unspecified atom stereocenters. The Morgan fingerprint density at radius 3 is 1.83 bits per heavy atom. The predicted molar refractivity (Wildman–Crippen MR) is 38.7 cm³/mol. The Balaban J connectivity index is 4.60. The molecule has 1 N–H and O–H groups in total. The number of hydrogen-bond donors (Lipinski definition) is 1. The maximum absolute atomic E-state index is 11.3. The van der Waals surface area contributed by atoms with Gasteiger partial charge in [0.25, 0.3) is 0 Å². The number of carbonyl (C=O) groups excluding carboxylic acids is 1. The van der Waals surface area contributed by atoms with E-state index < -0.39 is 17.0 Å². The van der Waals surface area contributed by atoms with Crippen LogP contribution in [0.4, 0.5) is 0 Å². The first-order valence-electron chi connectivity index (χ1n) is 3.46. The van der Waals surface area contributed by atoms with Crippen molar-refractivity contribution < 1.29 is 25.1 Å². The van der Waals surface area contributed by atoms with Crippen molar-refractivity contribution >= 4 is 5.78 Å². The van der Waals surface area contributed by atoms with Crippen LogP contribution in [0, 0.1) is 0 Å². The summed E-state index contributed by atoms with van der Waals surface area (Å²) in [5.41, 5.74) is -2.92. The largest absolute Gasteiger partial charge is 0.293 e. The summed E-state index contributed by atoms with van der Waals surface area (Å²) in [6.45, 7) is 5.30. The molecule has 0 aliphatic heterocycles. The molecule has 0 rings (SSSR count). The number of carbonyl (C=O) groups is 1. The Morgan fingerprint density at radius 1 is 1.17 bits per heavy atom. The summed E-state index contributed by atoms with van der Waals surface area (Å²) in [5.74, 6) is -0.618. The molecule has 0 fully saturated rings. The molecular formula is C7H13O5. The van der Waals surface area contributed by atoms with Gasteiger partial charge in [0.05, 0.1) is 0 Å². The fourth-order valence-electron chi connectivity index (χ4n) is 0.804. The van der Waals surface area contributed by atoms with Crippen LogP contribution < -0.4 is 0 Å². The summed E-state index contributed by atoms with van der Waals surface area (Å²) >= 11 is 0. The fraction of sp³-hybridized carbons (Fsp3) is 0.857. The SMILES string of the molecule is CC(C)(O[O])C(=O)C(C)(C)OO. The lowest BCUT2D eigenvalue weighted by atomic mass is 9.91. The van der Waals surface area contributed by atoms with Gasteiger partial charge in [-0.05, 0) is 33.0 Å². The smallest absolute Gasteiger partial charge is 0.201 e. The highest BCUT2D eigenvalue weighted by Gasteiger charge is 2.42. The molecule has 0 bridgehead atoms. The zero-order chi connectivity index (χ0) is 9.99. The minimum atomic E-state index is -1.49. The third-order valence-electron chi connectivity index (χ3n) is 1.53. The van der Waals surface area contributed by atoms with Gasteiger partial charge in [0, 0.05) is 0 Å². The quantitative estimate of drug-likeness (QED) is 0.512. The first-order valence-corrected chi connectivity index (χ1v) is 3.46. The first kappa shape index (κ1) is 11.5. The lowest BCUT2D eigenvalue weighted by Gasteiger charge is -2.26. The van der Waals surface area contributed by atoms with Gasteiger partial charge in [-0.1, -0.05) is 0 Å². The molecule has 5 heteroatoms. The van der Waals surface area contributed by atoms with E-state index in [1.165, 1.54) is 27.7 Å². The normalized spacial score (nSPS) is 13.2. The Hall–Kier alpha value is -0.490. The summed E-state index contributed by atoms with van der Waals surface area (Å²) < 4.78 is 0. The van der Waals surface area contributed by atoms with Crippen LogP contribution in [0.1, 0.15) is 27.7 Å². The van der Waals surface area contributed by atoms with Crippen molar-refractivity contribution in [3.8, 4) is 0 Å². The van der Waals surface area contributed by atoms with Gasteiger partial charge in [-0.15, -0.1) is 0 Å². The molecule has 0 atom stereocenters. The molecule has 0 amide bonds. The van der Waals surface area contributed by atoms with Crippen LogP contribution in [-0.2, 0) is 19.8 Å². The zero-order valence-corrected chi connectivity index (χ0v) is 7.58. The summed E-state index contributed by atoms with van der Waals surface area (Å²) in [6, 6.07) is 0. The van der Waals surface area contributed by atoms with E-state index in [1.54, 1.807) is 0 Å². The topological polar surface area (TPSA) is 75.7 Å². The van der Waals surface area contributed by atoms with Crippen molar-refractivity contribution in [2.45, 2.75) is 38.9 Å². The minimum Gasteiger partial charge on any atom is -0.293 e. The summed E-state index contributed by atoms with van der Waals surface area (Å²) in [6.07, 6.45) is 0. The molecule has 5 nitrogen and oxygen atoms in total. The fourth-order valence-corrected chi connectivity index (χ4v) is 0.804. The molecule has 0 aromatic heterocycles. The molecule has 0 spiro atoms. The maximum Gasteiger partial charge on any atom is 0.201 e. The highest BCUT2D eigenvalue weighted by molar-refractivity contribution is 5.93. The molecular weight excluding hydrogens is 164 g/mol. The standard InChI is InChI=1S/C7H13O5/c1-6(2,11-9)5(8)7(3,4)12-10/h9H,1-4H3. The summed E-state index contributed by atoms with van der Waals surface area (Å²) in [7, 11) is 0. The highest BCUT2D eigenvalue weighted by Crippen LogP contribution is 2.20. The van der Waals surface area contributed by atoms with Crippen LogP contribution in [0.5, 0.6) is 0 Å². The van der Waals surface area contributed by atoms with Crippen molar-refractivity contribution in [1.29, 1.82) is 0 Å². The van der Waals surface area contributed by atoms with Crippen LogP contribution in [0.15, 0.2) is 0 Å². The molecule has 12 heavy (non-hydrogen) atoms. The van der Waals surface area contributed by atoms with E-state index in [0.717, 1.165) is 0 Å². The third-order valence-corrected chi connectivity index (χ3v) is 1.53. The molecule has 71 valence electrons. The second-order valence-corrected chi connectivity index (χ2v) is 3.52. The van der Waals surface area contributed by atoms with Crippen LogP contribution in [0.3, 0.4) is 0 Å². The third kappa shape index (κ3) is 2.25. The molecule has 0 heterocycles. The Bertz CT molecular complexity index is 155. The van der Waals surface area contributed by atoms with Gasteiger partial charge in [0.2, 0.25) is 5.78 Å². The van der Waals surface area contributed by atoms with E-state index in [9.17, 15) is 10.1 Å². The van der Waals surface area contributed by atoms with Crippen molar-refractivity contribution in [2.75, 3.05) is 0 Å². The zero-order valence-electron chi connectivity index (χ0n) is 7.58. The van der Waals surface area contributed by atoms with Gasteiger partial charge >= 0.3 is 0 Å². The number of ketones is 1. The molecule has 0 aliphatic carbocycles. The van der Waals surface area contributed by atoms with E-state index in [-0.39, 0.29) is 0 Å². The molecule has 0 aromatic rings. The van der Waals surface area contributed by atoms with Crippen molar-refractivity contribution in [3.63, 3.8) is 0 Å². The van der Waals surface area contributed by atoms with Crippen LogP contribution >= 0.6 is 0 Å².